The Hall–Kier alpha value is -7.04. The van der Waals surface area contributed by atoms with Crippen LogP contribution in [0, 0.1) is 34.0 Å². The fourth-order valence-corrected chi connectivity index (χ4v) is 11.9. The van der Waals surface area contributed by atoms with Gasteiger partial charge in [-0.05, 0) is 196 Å². The molecule has 628 valence electrons. The number of aryl methyl sites for hydroxylation is 1. The van der Waals surface area contributed by atoms with Gasteiger partial charge in [-0.3, -0.25) is 62.8 Å². The van der Waals surface area contributed by atoms with Crippen molar-refractivity contribution in [3.63, 3.8) is 0 Å². The van der Waals surface area contributed by atoms with E-state index in [0.29, 0.717) is 69.0 Å². The summed E-state index contributed by atoms with van der Waals surface area (Å²) in [5, 5.41) is 15.7. The number of benzene rings is 4. The van der Waals surface area contributed by atoms with E-state index in [2.05, 4.69) is 173 Å². The molecule has 2 aromatic heterocycles. The van der Waals surface area contributed by atoms with Crippen LogP contribution in [-0.4, -0.2) is 174 Å². The van der Waals surface area contributed by atoms with Gasteiger partial charge in [0, 0.05) is 122 Å². The molecule has 20 heteroatoms. The van der Waals surface area contributed by atoms with E-state index < -0.39 is 21.1 Å². The molecular weight excluding hydrogens is 1420 g/mol. The molecule has 0 amide bonds. The van der Waals surface area contributed by atoms with Crippen molar-refractivity contribution in [1.29, 1.82) is 0 Å². The normalized spacial score (nSPS) is 13.2. The van der Waals surface area contributed by atoms with E-state index in [0.717, 1.165) is 50.9 Å². The predicted octanol–water partition coefficient (Wildman–Crippen LogP) is 16.6. The number of hydrogen-bond donors (Lipinski definition) is 4. The molecule has 1 atom stereocenters. The Bertz CT molecular complexity index is 4180. The number of Topliss-reactive ketones (excluding diaryl/α,β-unsaturated/α-hetero) is 5. The first-order valence-electron chi connectivity index (χ1n) is 39.9. The molecule has 0 spiro atoms. The second-order valence-electron chi connectivity index (χ2n) is 40.3. The number of phenols is 1. The fraction of sp³-hybridized carbons (Fsp3) is 0.620. The third-order valence-electron chi connectivity index (χ3n) is 20.1. The van der Waals surface area contributed by atoms with E-state index >= 15 is 0 Å². The van der Waals surface area contributed by atoms with Crippen LogP contribution >= 0.6 is 0 Å². The summed E-state index contributed by atoms with van der Waals surface area (Å²) in [6.45, 7) is 70.9. The summed E-state index contributed by atoms with van der Waals surface area (Å²) in [6.07, 6.45) is 7.17. The van der Waals surface area contributed by atoms with Crippen LogP contribution in [0.5, 0.6) is 5.75 Å². The number of carbonyl (C=O) groups excluding carboxylic acids is 5. The Kier molecular flexibility index (Phi) is 37.4. The molecule has 6 aromatic rings. The van der Waals surface area contributed by atoms with E-state index in [9.17, 15) is 47.1 Å². The summed E-state index contributed by atoms with van der Waals surface area (Å²) < 4.78 is 24.1. The Morgan fingerprint density at radius 1 is 0.446 bits per heavy atom. The third kappa shape index (κ3) is 36.6. The predicted molar refractivity (Wildman–Crippen MR) is 465 cm³/mol. The van der Waals surface area contributed by atoms with E-state index in [1.807, 2.05) is 149 Å². The number of hydrogen-bond acceptors (Lipinski definition) is 15. The standard InChI is InChI=1S/C20H30N2O.C19H31NO.C18H30N2O3S.C18H29NO2.C17H29N3O3/c1-19(2,3)18(23)14-22(20(4,5)6)12-11-15-13-21-17-10-8-7-9-16(15)17;1-15(13-16-11-9-8-10-12-16)20(19(5,6)7)14-17(21)18(2,3)4;1-17(2,3)16(21)13-20(18(4,5)6)12-11-14-7-9-15(10-8-14)24(19,22)23;1-17(2,3)16(21)13-19(18(4,5)6)12-11-14-7-9-15(20)10-8-14;1-12-10-19(15(23)18-14(12)22)8-9-20(17(5,6)7)11-13(21)16(2,3)4/h7-10,13,21H,11-12,14H2,1-6H3;8-12,15H,13-14H2,1-7H3;7-10H,11-13H2,1-6H3,(H2,19,22,23);7-10,20H,11-13H2,1-6H3;10H,8-9,11H2,1-7H3,(H,18,22,23)/t;15-;;;/m.1.../s1. The molecule has 19 nitrogen and oxygen atoms in total. The number of para-hydroxylation sites is 1. The molecular formula is C92H149N9O10S. The largest absolute Gasteiger partial charge is 0.508 e. The molecule has 0 aliphatic carbocycles. The molecule has 0 saturated carbocycles. The number of primary sulfonamides is 1. The third-order valence-corrected chi connectivity index (χ3v) is 21.0. The number of fused-ring (bicyclic) bond motifs is 1. The quantitative estimate of drug-likeness (QED) is 0.0394. The van der Waals surface area contributed by atoms with E-state index in [1.54, 1.807) is 37.4 Å². The number of nitrogens with zero attached hydrogens (tertiary/aromatic N) is 6. The molecule has 0 fully saturated rings. The van der Waals surface area contributed by atoms with E-state index in [1.165, 1.54) is 44.3 Å². The first-order chi connectivity index (χ1) is 50.6. The van der Waals surface area contributed by atoms with Gasteiger partial charge < -0.3 is 10.1 Å². The highest BCUT2D eigenvalue weighted by molar-refractivity contribution is 7.89. The molecule has 0 unspecified atom stereocenters. The van der Waals surface area contributed by atoms with Gasteiger partial charge in [-0.1, -0.05) is 177 Å². The summed E-state index contributed by atoms with van der Waals surface area (Å²) in [5.41, 5.74) is 3.69. The maximum Gasteiger partial charge on any atom is 0.328 e. The minimum atomic E-state index is -3.66. The highest BCUT2D eigenvalue weighted by atomic mass is 32.2. The maximum atomic E-state index is 12.4. The van der Waals surface area contributed by atoms with Gasteiger partial charge in [-0.2, -0.15) is 0 Å². The maximum absolute atomic E-state index is 12.4. The molecule has 5 N–H and O–H groups in total. The number of aromatic amines is 2. The number of H-pyrrole nitrogens is 2. The van der Waals surface area contributed by atoms with Gasteiger partial charge in [-0.25, -0.2) is 18.4 Å². The zero-order chi connectivity index (χ0) is 86.5. The van der Waals surface area contributed by atoms with Gasteiger partial charge in [0.05, 0.1) is 37.6 Å². The minimum Gasteiger partial charge on any atom is -0.508 e. The summed E-state index contributed by atoms with van der Waals surface area (Å²) in [4.78, 5) is 102. The molecule has 6 rings (SSSR count). The average Bonchev–Trinajstić information content (AvgIpc) is 1.81. The molecule has 0 aliphatic heterocycles. The molecule has 0 saturated heterocycles. The van der Waals surface area contributed by atoms with Crippen molar-refractivity contribution in [2.24, 2.45) is 32.2 Å². The minimum absolute atomic E-state index is 0.0187. The number of nitrogens with two attached hydrogens (primary N) is 1. The lowest BCUT2D eigenvalue weighted by Gasteiger charge is -2.41. The zero-order valence-corrected chi connectivity index (χ0v) is 76.1. The van der Waals surface area contributed by atoms with Crippen molar-refractivity contribution in [2.45, 2.75) is 292 Å². The smallest absolute Gasteiger partial charge is 0.328 e. The van der Waals surface area contributed by atoms with Crippen molar-refractivity contribution in [3.8, 4) is 5.75 Å². The molecule has 2 heterocycles. The van der Waals surface area contributed by atoms with Crippen LogP contribution in [0.3, 0.4) is 0 Å². The molecule has 0 aliphatic rings. The number of rotatable bonds is 26. The fourth-order valence-electron chi connectivity index (χ4n) is 11.4. The number of aromatic hydroxyl groups is 1. The van der Waals surface area contributed by atoms with Crippen LogP contribution in [0.15, 0.2) is 130 Å². The van der Waals surface area contributed by atoms with Gasteiger partial charge in [0.25, 0.3) is 5.56 Å². The van der Waals surface area contributed by atoms with Crippen molar-refractivity contribution >= 4 is 49.8 Å². The van der Waals surface area contributed by atoms with Crippen LogP contribution in [0.4, 0.5) is 0 Å². The number of carbonyl (C=O) groups is 5. The van der Waals surface area contributed by atoms with Crippen molar-refractivity contribution in [1.82, 2.24) is 39.0 Å². The summed E-state index contributed by atoms with van der Waals surface area (Å²) in [7, 11) is -3.66. The second kappa shape index (κ2) is 41.5. The van der Waals surface area contributed by atoms with Crippen molar-refractivity contribution < 1.29 is 37.5 Å². The Morgan fingerprint density at radius 3 is 1.16 bits per heavy atom. The van der Waals surface area contributed by atoms with Crippen LogP contribution in [0.25, 0.3) is 10.9 Å². The Balaban J connectivity index is 0.000000475. The van der Waals surface area contributed by atoms with Gasteiger partial charge in [-0.15, -0.1) is 0 Å². The molecule has 0 radical (unpaired) electrons. The molecule has 112 heavy (non-hydrogen) atoms. The van der Waals surface area contributed by atoms with Crippen LogP contribution in [-0.2, 0) is 66.2 Å². The SMILES string of the molecule is CC(C)(C)C(=O)CN(CCc1c[nH]c2ccccc12)C(C)(C)C.CC(C)(C)C(=O)CN(CCc1ccc(O)cc1)C(C)(C)C.CC(C)(C)C(=O)CN(CCc1ccc(S(N)(=O)=O)cc1)C(C)(C)C.C[C@H](Cc1ccccc1)N(CC(=O)C(C)(C)C)C(C)(C)C.Cc1cn(CCN(CC(=O)C(C)(C)C)C(C)(C)C)c(=O)[nH]c1=O. The van der Waals surface area contributed by atoms with Gasteiger partial charge in [0.2, 0.25) is 10.0 Å². The van der Waals surface area contributed by atoms with Crippen molar-refractivity contribution in [2.75, 3.05) is 58.9 Å². The lowest BCUT2D eigenvalue weighted by Crippen LogP contribution is -2.51. The number of sulfonamides is 1. The molecule has 0 bridgehead atoms. The monoisotopic (exact) mass is 1570 g/mol. The molecule has 4 aromatic carbocycles. The van der Waals surface area contributed by atoms with E-state index in [-0.39, 0.29) is 82.9 Å². The Morgan fingerprint density at radius 2 is 0.795 bits per heavy atom. The van der Waals surface area contributed by atoms with Crippen molar-refractivity contribution in [3.05, 3.63) is 164 Å². The van der Waals surface area contributed by atoms with Crippen LogP contribution in [0.1, 0.15) is 242 Å². The van der Waals surface area contributed by atoms with E-state index in [4.69, 9.17) is 5.14 Å². The number of phenolic OH excluding ortho intramolecular Hbond substituents is 1. The second-order valence-corrected chi connectivity index (χ2v) is 41.9. The summed E-state index contributed by atoms with van der Waals surface area (Å²) in [5.74, 6) is 1.53. The first-order valence-corrected chi connectivity index (χ1v) is 41.4. The lowest BCUT2D eigenvalue weighted by molar-refractivity contribution is -0.130. The number of ketones is 5. The lowest BCUT2D eigenvalue weighted by atomic mass is 9.88. The summed E-state index contributed by atoms with van der Waals surface area (Å²) >= 11 is 0. The van der Waals surface area contributed by atoms with Crippen LogP contribution < -0.4 is 16.4 Å². The van der Waals surface area contributed by atoms with Gasteiger partial charge >= 0.3 is 5.69 Å². The Labute approximate surface area is 676 Å². The number of nitrogens with one attached hydrogen (secondary N) is 2. The summed E-state index contributed by atoms with van der Waals surface area (Å²) in [6, 6.07) is 33.1. The highest BCUT2D eigenvalue weighted by Crippen LogP contribution is 2.28. The van der Waals surface area contributed by atoms with Crippen LogP contribution in [0.2, 0.25) is 0 Å². The zero-order valence-electron chi connectivity index (χ0n) is 75.2. The van der Waals surface area contributed by atoms with Gasteiger partial charge in [0.15, 0.2) is 28.9 Å². The highest BCUT2D eigenvalue weighted by Gasteiger charge is 2.35. The average molecular weight is 1570 g/mol. The first kappa shape index (κ1) is 101. The topological polar surface area (TPSA) is 253 Å². The number of aromatic nitrogens is 3. The van der Waals surface area contributed by atoms with Gasteiger partial charge in [0.1, 0.15) is 5.75 Å².